The Morgan fingerprint density at radius 3 is 2.70 bits per heavy atom. The molecular formula is C20H21N7O3. The molecule has 0 fully saturated rings. The predicted molar refractivity (Wildman–Crippen MR) is 113 cm³/mol. The number of aryl methyl sites for hydroxylation is 1. The summed E-state index contributed by atoms with van der Waals surface area (Å²) in [6, 6.07) is 6.78. The number of benzene rings is 1. The largest absolute Gasteiger partial charge is 0.381 e. The first kappa shape index (κ1) is 19.4. The number of hydrogen-bond donors (Lipinski definition) is 3. The van der Waals surface area contributed by atoms with Gasteiger partial charge in [-0.1, -0.05) is 13.0 Å². The highest BCUT2D eigenvalue weighted by Crippen LogP contribution is 2.26. The fourth-order valence-electron chi connectivity index (χ4n) is 3.44. The first-order valence-corrected chi connectivity index (χ1v) is 9.52. The lowest BCUT2D eigenvalue weighted by molar-refractivity contribution is 0.0924. The minimum absolute atomic E-state index is 0.0249. The van der Waals surface area contributed by atoms with Crippen molar-refractivity contribution in [3.63, 3.8) is 0 Å². The first-order valence-electron chi connectivity index (χ1n) is 9.52. The highest BCUT2D eigenvalue weighted by atomic mass is 16.2. The van der Waals surface area contributed by atoms with E-state index >= 15 is 0 Å². The molecule has 0 aliphatic rings. The lowest BCUT2D eigenvalue weighted by atomic mass is 10.1. The van der Waals surface area contributed by atoms with Crippen LogP contribution in [-0.4, -0.2) is 42.7 Å². The second-order valence-electron chi connectivity index (χ2n) is 7.05. The number of fused-ring (bicyclic) bond motifs is 2. The van der Waals surface area contributed by atoms with Crippen LogP contribution in [0.15, 0.2) is 29.1 Å². The molecule has 3 heterocycles. The number of carbonyl (C=O) groups is 2. The third-order valence-corrected chi connectivity index (χ3v) is 4.88. The number of nitrogens with zero attached hydrogens (tertiary/aromatic N) is 4. The summed E-state index contributed by atoms with van der Waals surface area (Å²) in [6.07, 6.45) is 0.764. The maximum absolute atomic E-state index is 12.6. The third kappa shape index (κ3) is 3.02. The van der Waals surface area contributed by atoms with E-state index < -0.39 is 11.5 Å². The molecule has 4 aromatic rings. The number of aromatic nitrogens is 5. The maximum Gasteiger partial charge on any atom is 0.274 e. The molecule has 1 amide bonds. The number of H-pyrrole nitrogens is 1. The summed E-state index contributed by atoms with van der Waals surface area (Å²) in [5, 5.41) is 11.8. The lowest BCUT2D eigenvalue weighted by Gasteiger charge is -2.06. The van der Waals surface area contributed by atoms with E-state index in [0.717, 1.165) is 16.3 Å². The second kappa shape index (κ2) is 7.14. The van der Waals surface area contributed by atoms with Crippen molar-refractivity contribution in [1.29, 1.82) is 0 Å². The maximum atomic E-state index is 12.6. The molecule has 0 saturated carbocycles. The van der Waals surface area contributed by atoms with E-state index in [-0.39, 0.29) is 22.9 Å². The Morgan fingerprint density at radius 2 is 2.00 bits per heavy atom. The number of carbonyl (C=O) groups excluding carboxylic acids is 2. The number of nitrogens with one attached hydrogen (secondary N) is 2. The van der Waals surface area contributed by atoms with Gasteiger partial charge in [0, 0.05) is 24.9 Å². The van der Waals surface area contributed by atoms with E-state index in [2.05, 4.69) is 20.5 Å². The Labute approximate surface area is 170 Å². The average molecular weight is 407 g/mol. The number of rotatable bonds is 4. The van der Waals surface area contributed by atoms with Gasteiger partial charge in [-0.05, 0) is 31.0 Å². The molecule has 0 radical (unpaired) electrons. The van der Waals surface area contributed by atoms with Crippen molar-refractivity contribution in [2.75, 3.05) is 12.3 Å². The van der Waals surface area contributed by atoms with E-state index in [1.54, 1.807) is 12.1 Å². The summed E-state index contributed by atoms with van der Waals surface area (Å²) >= 11 is 0. The number of anilines is 1. The van der Waals surface area contributed by atoms with Gasteiger partial charge in [0.1, 0.15) is 5.56 Å². The molecule has 0 aliphatic carbocycles. The highest BCUT2D eigenvalue weighted by molar-refractivity contribution is 6.04. The Bertz CT molecular complexity index is 1380. The topological polar surface area (TPSA) is 140 Å². The molecule has 3 aromatic heterocycles. The van der Waals surface area contributed by atoms with Gasteiger partial charge in [0.25, 0.3) is 11.5 Å². The number of nitrogens with two attached hydrogens (primary N) is 1. The summed E-state index contributed by atoms with van der Waals surface area (Å²) < 4.78 is 2.42. The van der Waals surface area contributed by atoms with Crippen molar-refractivity contribution in [1.82, 2.24) is 29.7 Å². The van der Waals surface area contributed by atoms with E-state index in [1.807, 2.05) is 19.9 Å². The number of hydrogen-bond acceptors (Lipinski definition) is 6. The quantitative estimate of drug-likeness (QED) is 0.471. The van der Waals surface area contributed by atoms with Gasteiger partial charge >= 0.3 is 0 Å². The Kier molecular flexibility index (Phi) is 4.61. The van der Waals surface area contributed by atoms with Crippen LogP contribution in [0.3, 0.4) is 0 Å². The minimum atomic E-state index is -0.420. The number of amides is 1. The average Bonchev–Trinajstić information content (AvgIpc) is 3.23. The molecule has 10 heteroatoms. The molecule has 0 spiro atoms. The van der Waals surface area contributed by atoms with Crippen LogP contribution in [0.2, 0.25) is 0 Å². The number of nitrogen functional groups attached to an aromatic ring is 1. The van der Waals surface area contributed by atoms with E-state index in [1.165, 1.54) is 17.7 Å². The van der Waals surface area contributed by atoms with Gasteiger partial charge in [-0.15, -0.1) is 5.10 Å². The van der Waals surface area contributed by atoms with Gasteiger partial charge in [-0.25, -0.2) is 4.68 Å². The molecule has 0 unspecified atom stereocenters. The van der Waals surface area contributed by atoms with Crippen LogP contribution in [0.4, 0.5) is 5.82 Å². The Hall–Kier alpha value is -3.95. The zero-order chi connectivity index (χ0) is 21.6. The summed E-state index contributed by atoms with van der Waals surface area (Å²) in [5.41, 5.74) is 8.42. The van der Waals surface area contributed by atoms with Crippen molar-refractivity contribution < 1.29 is 9.59 Å². The molecular weight excluding hydrogens is 386 g/mol. The molecule has 0 atom stereocenters. The van der Waals surface area contributed by atoms with Gasteiger partial charge < -0.3 is 16.0 Å². The van der Waals surface area contributed by atoms with Crippen LogP contribution in [0.5, 0.6) is 0 Å². The molecule has 10 nitrogen and oxygen atoms in total. The monoisotopic (exact) mass is 407 g/mol. The van der Waals surface area contributed by atoms with Crippen LogP contribution in [0.1, 0.15) is 41.1 Å². The Balaban J connectivity index is 1.89. The van der Waals surface area contributed by atoms with Crippen LogP contribution in [0, 0.1) is 6.92 Å². The zero-order valence-corrected chi connectivity index (χ0v) is 16.8. The number of aromatic amines is 1. The molecule has 0 aliphatic heterocycles. The van der Waals surface area contributed by atoms with E-state index in [4.69, 9.17) is 5.73 Å². The standard InChI is InChI=1S/C20H21N7O3/c1-4-7-22-20(30)17-18(21)25-27-16(29)9-14(23-19(17)27)12-5-6-15-13(8-12)10(2)24-26(15)11(3)28/h5-6,8-9,23H,4,7H2,1-3H3,(H2,21,25)(H,22,30). The Morgan fingerprint density at radius 1 is 1.23 bits per heavy atom. The lowest BCUT2D eigenvalue weighted by Crippen LogP contribution is -2.25. The van der Waals surface area contributed by atoms with Gasteiger partial charge in [-0.2, -0.15) is 9.61 Å². The highest BCUT2D eigenvalue weighted by Gasteiger charge is 2.21. The molecule has 30 heavy (non-hydrogen) atoms. The molecule has 154 valence electrons. The van der Waals surface area contributed by atoms with E-state index in [9.17, 15) is 14.4 Å². The van der Waals surface area contributed by atoms with Crippen molar-refractivity contribution in [2.24, 2.45) is 0 Å². The van der Waals surface area contributed by atoms with Gasteiger partial charge in [-0.3, -0.25) is 14.4 Å². The summed E-state index contributed by atoms with van der Waals surface area (Å²) in [5.74, 6) is -0.609. The fourth-order valence-corrected chi connectivity index (χ4v) is 3.44. The molecule has 1 aromatic carbocycles. The van der Waals surface area contributed by atoms with Crippen LogP contribution in [0.25, 0.3) is 27.8 Å². The molecule has 4 N–H and O–H groups in total. The molecule has 4 rings (SSSR count). The van der Waals surface area contributed by atoms with Gasteiger partial charge in [0.2, 0.25) is 5.91 Å². The summed E-state index contributed by atoms with van der Waals surface area (Å²) in [4.78, 5) is 40.1. The smallest absolute Gasteiger partial charge is 0.274 e. The van der Waals surface area contributed by atoms with Gasteiger partial charge in [0.05, 0.1) is 16.9 Å². The van der Waals surface area contributed by atoms with Crippen molar-refractivity contribution in [3.05, 3.63) is 45.9 Å². The summed E-state index contributed by atoms with van der Waals surface area (Å²) in [7, 11) is 0. The van der Waals surface area contributed by atoms with Crippen LogP contribution in [-0.2, 0) is 0 Å². The second-order valence-corrected chi connectivity index (χ2v) is 7.05. The van der Waals surface area contributed by atoms with Gasteiger partial charge in [0.15, 0.2) is 11.5 Å². The third-order valence-electron chi connectivity index (χ3n) is 4.88. The van der Waals surface area contributed by atoms with Crippen molar-refractivity contribution in [2.45, 2.75) is 27.2 Å². The minimum Gasteiger partial charge on any atom is -0.381 e. The van der Waals surface area contributed by atoms with Crippen molar-refractivity contribution >= 4 is 34.2 Å². The normalized spacial score (nSPS) is 11.3. The molecule has 0 bridgehead atoms. The van der Waals surface area contributed by atoms with Crippen molar-refractivity contribution in [3.8, 4) is 11.3 Å². The van der Waals surface area contributed by atoms with Crippen LogP contribution >= 0.6 is 0 Å². The van der Waals surface area contributed by atoms with E-state index in [0.29, 0.717) is 29.0 Å². The molecule has 0 saturated heterocycles. The first-order chi connectivity index (χ1) is 14.3. The fraction of sp³-hybridized carbons (Fsp3) is 0.250. The SMILES string of the molecule is CCCNC(=O)c1c(N)nn2c(=O)cc(-c3ccc4c(c3)c(C)nn4C(C)=O)[nH]c12. The van der Waals surface area contributed by atoms with Crippen LogP contribution < -0.4 is 16.6 Å². The predicted octanol–water partition coefficient (Wildman–Crippen LogP) is 1.73. The zero-order valence-electron chi connectivity index (χ0n) is 16.8. The summed E-state index contributed by atoms with van der Waals surface area (Å²) in [6.45, 7) is 5.67.